The molecule has 2 unspecified atom stereocenters. The Hall–Kier alpha value is -1.70. The van der Waals surface area contributed by atoms with Gasteiger partial charge in [0, 0.05) is 38.3 Å². The zero-order valence-corrected chi connectivity index (χ0v) is 19.5. The Morgan fingerprint density at radius 1 is 1.41 bits per heavy atom. The van der Waals surface area contributed by atoms with Crippen LogP contribution in [0.1, 0.15) is 75.9 Å². The number of amides is 2. The molecule has 0 spiro atoms. The van der Waals surface area contributed by atoms with Crippen LogP contribution in [0.5, 0.6) is 0 Å². The Balaban J connectivity index is 2.07. The second kappa shape index (κ2) is 10.4. The summed E-state index contributed by atoms with van der Waals surface area (Å²) in [6.45, 7) is 11.0. The van der Waals surface area contributed by atoms with E-state index in [4.69, 9.17) is 4.74 Å². The predicted molar refractivity (Wildman–Crippen MR) is 118 cm³/mol. The third kappa shape index (κ3) is 7.24. The SMILES string of the molecule is CCSCCC(C)NC(=O)c1cn(C)nc1C1CCCN(C(=O)OC(C)(C)C)C1. The molecular weight excluding hydrogens is 388 g/mol. The van der Waals surface area contributed by atoms with Gasteiger partial charge in [0.15, 0.2) is 0 Å². The normalized spacial score (nSPS) is 18.4. The Kier molecular flexibility index (Phi) is 8.43. The Morgan fingerprint density at radius 3 is 2.79 bits per heavy atom. The van der Waals surface area contributed by atoms with E-state index in [0.717, 1.165) is 36.5 Å². The maximum Gasteiger partial charge on any atom is 0.410 e. The standard InChI is InChI=1S/C21H36N4O3S/c1-7-29-12-10-15(2)22-19(26)17-14-24(6)23-18(17)16-9-8-11-25(13-16)20(27)28-21(3,4)5/h14-16H,7-13H2,1-6H3,(H,22,26). The molecule has 2 heterocycles. The molecule has 1 aliphatic heterocycles. The fraction of sp³-hybridized carbons (Fsp3) is 0.762. The summed E-state index contributed by atoms with van der Waals surface area (Å²) in [5.41, 5.74) is 0.860. The lowest BCUT2D eigenvalue weighted by atomic mass is 9.92. The molecule has 2 rings (SSSR count). The Bertz CT molecular complexity index is 699. The van der Waals surface area contributed by atoms with Gasteiger partial charge in [-0.15, -0.1) is 0 Å². The number of thioether (sulfide) groups is 1. The molecule has 0 bridgehead atoms. The minimum atomic E-state index is -0.522. The lowest BCUT2D eigenvalue weighted by Crippen LogP contribution is -2.42. The van der Waals surface area contributed by atoms with Crippen LogP contribution in [0, 0.1) is 0 Å². The van der Waals surface area contributed by atoms with Crippen molar-refractivity contribution in [3.05, 3.63) is 17.5 Å². The molecule has 0 saturated carbocycles. The zero-order chi connectivity index (χ0) is 21.6. The smallest absolute Gasteiger partial charge is 0.410 e. The number of likely N-dealkylation sites (tertiary alicyclic amines) is 1. The van der Waals surface area contributed by atoms with Crippen molar-refractivity contribution in [2.45, 2.75) is 71.4 Å². The lowest BCUT2D eigenvalue weighted by molar-refractivity contribution is 0.0197. The molecule has 164 valence electrons. The zero-order valence-electron chi connectivity index (χ0n) is 18.7. The molecular formula is C21H36N4O3S. The van der Waals surface area contributed by atoms with E-state index >= 15 is 0 Å². The number of nitrogens with zero attached hydrogens (tertiary/aromatic N) is 3. The van der Waals surface area contributed by atoms with Gasteiger partial charge in [-0.05, 0) is 58.5 Å². The van der Waals surface area contributed by atoms with E-state index in [1.165, 1.54) is 0 Å². The quantitative estimate of drug-likeness (QED) is 0.674. The van der Waals surface area contributed by atoms with Crippen LogP contribution in [0.3, 0.4) is 0 Å². The number of rotatable bonds is 7. The molecule has 29 heavy (non-hydrogen) atoms. The van der Waals surface area contributed by atoms with Crippen LogP contribution in [0.4, 0.5) is 4.79 Å². The molecule has 0 aromatic carbocycles. The minimum Gasteiger partial charge on any atom is -0.444 e. The number of nitrogens with one attached hydrogen (secondary N) is 1. The summed E-state index contributed by atoms with van der Waals surface area (Å²) in [6, 6.07) is 0.110. The van der Waals surface area contributed by atoms with Crippen molar-refractivity contribution >= 4 is 23.8 Å². The van der Waals surface area contributed by atoms with Crippen LogP contribution in [-0.2, 0) is 11.8 Å². The lowest BCUT2D eigenvalue weighted by Gasteiger charge is -2.33. The van der Waals surface area contributed by atoms with Crippen molar-refractivity contribution in [2.24, 2.45) is 7.05 Å². The first-order valence-electron chi connectivity index (χ1n) is 10.5. The highest BCUT2D eigenvalue weighted by Gasteiger charge is 2.32. The molecule has 2 amide bonds. The molecule has 2 atom stereocenters. The number of ether oxygens (including phenoxy) is 1. The highest BCUT2D eigenvalue weighted by molar-refractivity contribution is 7.99. The van der Waals surface area contributed by atoms with E-state index < -0.39 is 5.60 Å². The third-order valence-corrected chi connectivity index (χ3v) is 5.77. The van der Waals surface area contributed by atoms with Gasteiger partial charge in [-0.3, -0.25) is 9.48 Å². The Morgan fingerprint density at radius 2 is 2.14 bits per heavy atom. The second-order valence-corrected chi connectivity index (χ2v) is 10.1. The molecule has 8 heteroatoms. The number of carbonyl (C=O) groups excluding carboxylic acids is 2. The third-order valence-electron chi connectivity index (χ3n) is 4.84. The predicted octanol–water partition coefficient (Wildman–Crippen LogP) is 3.80. The molecule has 1 aromatic heterocycles. The fourth-order valence-electron chi connectivity index (χ4n) is 3.45. The van der Waals surface area contributed by atoms with E-state index in [2.05, 4.69) is 17.3 Å². The minimum absolute atomic E-state index is 0.0316. The first-order valence-corrected chi connectivity index (χ1v) is 11.7. The van der Waals surface area contributed by atoms with Crippen molar-refractivity contribution in [1.82, 2.24) is 20.0 Å². The molecule has 0 aliphatic carbocycles. The van der Waals surface area contributed by atoms with E-state index in [1.807, 2.05) is 46.5 Å². The van der Waals surface area contributed by atoms with E-state index in [0.29, 0.717) is 18.7 Å². The Labute approximate surface area is 178 Å². The van der Waals surface area contributed by atoms with Crippen LogP contribution in [-0.4, -0.2) is 62.9 Å². The number of carbonyl (C=O) groups is 2. The maximum absolute atomic E-state index is 12.9. The van der Waals surface area contributed by atoms with Crippen LogP contribution in [0.15, 0.2) is 6.20 Å². The molecule has 0 radical (unpaired) electrons. The monoisotopic (exact) mass is 424 g/mol. The average molecular weight is 425 g/mol. The van der Waals surface area contributed by atoms with Crippen molar-refractivity contribution in [3.63, 3.8) is 0 Å². The number of hydrogen-bond donors (Lipinski definition) is 1. The van der Waals surface area contributed by atoms with Crippen molar-refractivity contribution < 1.29 is 14.3 Å². The van der Waals surface area contributed by atoms with Gasteiger partial charge in [-0.25, -0.2) is 4.79 Å². The topological polar surface area (TPSA) is 76.5 Å². The highest BCUT2D eigenvalue weighted by Crippen LogP contribution is 2.29. The van der Waals surface area contributed by atoms with E-state index in [-0.39, 0.29) is 24.0 Å². The fourth-order valence-corrected chi connectivity index (χ4v) is 4.26. The van der Waals surface area contributed by atoms with Gasteiger partial charge in [0.2, 0.25) is 0 Å². The van der Waals surface area contributed by atoms with Gasteiger partial charge >= 0.3 is 6.09 Å². The molecule has 1 N–H and O–H groups in total. The van der Waals surface area contributed by atoms with E-state index in [9.17, 15) is 9.59 Å². The summed E-state index contributed by atoms with van der Waals surface area (Å²) < 4.78 is 7.21. The van der Waals surface area contributed by atoms with E-state index in [1.54, 1.807) is 15.8 Å². The maximum atomic E-state index is 12.9. The first kappa shape index (κ1) is 23.6. The summed E-state index contributed by atoms with van der Waals surface area (Å²) in [7, 11) is 1.83. The number of piperidine rings is 1. The first-order chi connectivity index (χ1) is 13.6. The van der Waals surface area contributed by atoms with Crippen LogP contribution in [0.2, 0.25) is 0 Å². The molecule has 1 aliphatic rings. The molecule has 1 saturated heterocycles. The molecule has 7 nitrogen and oxygen atoms in total. The molecule has 1 fully saturated rings. The van der Waals surface area contributed by atoms with Crippen molar-refractivity contribution in [2.75, 3.05) is 24.6 Å². The van der Waals surface area contributed by atoms with Gasteiger partial charge < -0.3 is 15.0 Å². The van der Waals surface area contributed by atoms with Gasteiger partial charge in [-0.1, -0.05) is 6.92 Å². The summed E-state index contributed by atoms with van der Waals surface area (Å²) in [4.78, 5) is 27.1. The summed E-state index contributed by atoms with van der Waals surface area (Å²) in [6.07, 6.45) is 4.19. The van der Waals surface area contributed by atoms with Gasteiger partial charge in [-0.2, -0.15) is 16.9 Å². The van der Waals surface area contributed by atoms with Crippen LogP contribution < -0.4 is 5.32 Å². The molecule has 1 aromatic rings. The summed E-state index contributed by atoms with van der Waals surface area (Å²) in [5, 5.41) is 7.68. The summed E-state index contributed by atoms with van der Waals surface area (Å²) in [5.74, 6) is 2.06. The highest BCUT2D eigenvalue weighted by atomic mass is 32.2. The average Bonchev–Trinajstić information content (AvgIpc) is 3.02. The second-order valence-electron chi connectivity index (χ2n) is 8.73. The van der Waals surface area contributed by atoms with Crippen LogP contribution >= 0.6 is 11.8 Å². The van der Waals surface area contributed by atoms with Crippen molar-refractivity contribution in [1.29, 1.82) is 0 Å². The van der Waals surface area contributed by atoms with Gasteiger partial charge in [0.1, 0.15) is 5.60 Å². The van der Waals surface area contributed by atoms with Gasteiger partial charge in [0.25, 0.3) is 5.91 Å². The summed E-state index contributed by atoms with van der Waals surface area (Å²) >= 11 is 1.88. The van der Waals surface area contributed by atoms with Crippen molar-refractivity contribution in [3.8, 4) is 0 Å². The van der Waals surface area contributed by atoms with Crippen LogP contribution in [0.25, 0.3) is 0 Å². The number of aromatic nitrogens is 2. The largest absolute Gasteiger partial charge is 0.444 e. The van der Waals surface area contributed by atoms with Gasteiger partial charge in [0.05, 0.1) is 11.3 Å². The number of aryl methyl sites for hydroxylation is 1. The number of hydrogen-bond acceptors (Lipinski definition) is 5.